The third kappa shape index (κ3) is 5.53. The van der Waals surface area contributed by atoms with Crippen LogP contribution in [0.4, 0.5) is 0 Å². The van der Waals surface area contributed by atoms with Crippen molar-refractivity contribution in [3.63, 3.8) is 0 Å². The first-order valence-corrected chi connectivity index (χ1v) is 13.5. The van der Waals surface area contributed by atoms with Gasteiger partial charge in [0, 0.05) is 60.5 Å². The van der Waals surface area contributed by atoms with E-state index in [2.05, 4.69) is 27.0 Å². The third-order valence-electron chi connectivity index (χ3n) is 7.41. The minimum Gasteiger partial charge on any atom is -0.507 e. The van der Waals surface area contributed by atoms with Gasteiger partial charge >= 0.3 is 0 Å². The van der Waals surface area contributed by atoms with Crippen molar-refractivity contribution in [2.75, 3.05) is 26.2 Å². The second kappa shape index (κ2) is 10.9. The SMILES string of the molecule is O=C(Cc1ccc(-c2cccc(-c3cc4ccncc4[nH]3)c2O)cc1)N1CCN(Cc2ccc(Cl)cc2)CC1. The van der Waals surface area contributed by atoms with Crippen molar-refractivity contribution in [1.29, 1.82) is 0 Å². The molecule has 1 amide bonds. The first kappa shape index (κ1) is 25.2. The summed E-state index contributed by atoms with van der Waals surface area (Å²) < 4.78 is 0. The number of pyridine rings is 1. The molecule has 0 radical (unpaired) electrons. The Kier molecular flexibility index (Phi) is 7.05. The molecule has 1 aliphatic heterocycles. The molecule has 1 aliphatic rings. The predicted octanol–water partition coefficient (Wildman–Crippen LogP) is 6.14. The van der Waals surface area contributed by atoms with E-state index >= 15 is 0 Å². The number of hydrogen-bond acceptors (Lipinski definition) is 4. The van der Waals surface area contributed by atoms with Gasteiger partial charge < -0.3 is 15.0 Å². The Morgan fingerprint density at radius 3 is 2.36 bits per heavy atom. The molecule has 0 spiro atoms. The van der Waals surface area contributed by atoms with E-state index in [1.54, 1.807) is 12.4 Å². The highest BCUT2D eigenvalue weighted by Gasteiger charge is 2.21. The Labute approximate surface area is 232 Å². The van der Waals surface area contributed by atoms with Gasteiger partial charge in [0.1, 0.15) is 5.75 Å². The number of nitrogens with one attached hydrogen (secondary N) is 1. The number of carbonyl (C=O) groups excluding carboxylic acids is 1. The molecule has 0 bridgehead atoms. The van der Waals surface area contributed by atoms with E-state index in [4.69, 9.17) is 11.6 Å². The van der Waals surface area contributed by atoms with Crippen molar-refractivity contribution in [2.45, 2.75) is 13.0 Å². The van der Waals surface area contributed by atoms with Crippen LogP contribution in [0.5, 0.6) is 5.75 Å². The summed E-state index contributed by atoms with van der Waals surface area (Å²) in [6.07, 6.45) is 3.90. The summed E-state index contributed by atoms with van der Waals surface area (Å²) >= 11 is 5.99. The number of fused-ring (bicyclic) bond motifs is 1. The lowest BCUT2D eigenvalue weighted by Gasteiger charge is -2.35. The topological polar surface area (TPSA) is 72.5 Å². The Balaban J connectivity index is 1.09. The molecule has 7 heteroatoms. The lowest BCUT2D eigenvalue weighted by molar-refractivity contribution is -0.132. The number of aromatic amines is 1. The molecule has 3 aromatic carbocycles. The average Bonchev–Trinajstić information content (AvgIpc) is 3.39. The van der Waals surface area contributed by atoms with Crippen molar-refractivity contribution in [3.8, 4) is 28.1 Å². The monoisotopic (exact) mass is 536 g/mol. The zero-order chi connectivity index (χ0) is 26.8. The zero-order valence-corrected chi connectivity index (χ0v) is 22.2. The lowest BCUT2D eigenvalue weighted by Crippen LogP contribution is -2.48. The molecule has 1 saturated heterocycles. The van der Waals surface area contributed by atoms with Gasteiger partial charge in [0.05, 0.1) is 23.8 Å². The Bertz CT molecular complexity index is 1570. The maximum atomic E-state index is 13.0. The number of rotatable bonds is 6. The second-order valence-electron chi connectivity index (χ2n) is 10.0. The van der Waals surface area contributed by atoms with Gasteiger partial charge in [0.15, 0.2) is 0 Å². The minimum absolute atomic E-state index is 0.145. The van der Waals surface area contributed by atoms with Crippen LogP contribution in [0.1, 0.15) is 11.1 Å². The summed E-state index contributed by atoms with van der Waals surface area (Å²) in [5.41, 5.74) is 6.35. The highest BCUT2D eigenvalue weighted by molar-refractivity contribution is 6.30. The molecular weight excluding hydrogens is 508 g/mol. The summed E-state index contributed by atoms with van der Waals surface area (Å²) in [5.74, 6) is 0.365. The van der Waals surface area contributed by atoms with Crippen molar-refractivity contribution in [3.05, 3.63) is 107 Å². The maximum Gasteiger partial charge on any atom is 0.227 e. The summed E-state index contributed by atoms with van der Waals surface area (Å²) in [6, 6.07) is 25.6. The van der Waals surface area contributed by atoms with Gasteiger partial charge in [0.2, 0.25) is 5.91 Å². The van der Waals surface area contributed by atoms with E-state index in [1.807, 2.05) is 71.6 Å². The molecule has 2 N–H and O–H groups in total. The number of aromatic hydroxyl groups is 1. The quantitative estimate of drug-likeness (QED) is 0.273. The molecule has 0 unspecified atom stereocenters. The summed E-state index contributed by atoms with van der Waals surface area (Å²) in [6.45, 7) is 4.04. The van der Waals surface area contributed by atoms with Crippen LogP contribution in [-0.4, -0.2) is 57.0 Å². The molecule has 1 fully saturated rings. The molecule has 196 valence electrons. The van der Waals surface area contributed by atoms with Gasteiger partial charge in [-0.2, -0.15) is 0 Å². The number of amides is 1. The number of phenolic OH excluding ortho intramolecular Hbond substituents is 1. The van der Waals surface area contributed by atoms with Gasteiger partial charge in [0.25, 0.3) is 0 Å². The van der Waals surface area contributed by atoms with Crippen LogP contribution in [0.15, 0.2) is 91.3 Å². The average molecular weight is 537 g/mol. The summed E-state index contributed by atoms with van der Waals surface area (Å²) in [5, 5.41) is 12.9. The smallest absolute Gasteiger partial charge is 0.227 e. The normalized spacial score (nSPS) is 14.1. The minimum atomic E-state index is 0.145. The van der Waals surface area contributed by atoms with Crippen molar-refractivity contribution < 1.29 is 9.90 Å². The molecule has 0 saturated carbocycles. The summed E-state index contributed by atoms with van der Waals surface area (Å²) in [7, 11) is 0. The number of aromatic nitrogens is 2. The number of piperazine rings is 1. The van der Waals surface area contributed by atoms with Crippen molar-refractivity contribution in [1.82, 2.24) is 19.8 Å². The highest BCUT2D eigenvalue weighted by Crippen LogP contribution is 2.38. The molecule has 39 heavy (non-hydrogen) atoms. The Hall–Kier alpha value is -4.13. The number of nitrogens with zero attached hydrogens (tertiary/aromatic N) is 3. The predicted molar refractivity (Wildman–Crippen MR) is 156 cm³/mol. The fourth-order valence-corrected chi connectivity index (χ4v) is 5.33. The number of hydrogen-bond donors (Lipinski definition) is 2. The number of benzene rings is 3. The van der Waals surface area contributed by atoms with E-state index in [0.29, 0.717) is 6.42 Å². The number of para-hydroxylation sites is 1. The van der Waals surface area contributed by atoms with Gasteiger partial charge in [-0.15, -0.1) is 0 Å². The molecule has 0 atom stereocenters. The highest BCUT2D eigenvalue weighted by atomic mass is 35.5. The van der Waals surface area contributed by atoms with Crippen LogP contribution >= 0.6 is 11.6 Å². The summed E-state index contributed by atoms with van der Waals surface area (Å²) in [4.78, 5) is 24.8. The lowest BCUT2D eigenvalue weighted by atomic mass is 9.98. The van der Waals surface area contributed by atoms with Crippen molar-refractivity contribution >= 4 is 28.4 Å². The van der Waals surface area contributed by atoms with Crippen LogP contribution in [0.3, 0.4) is 0 Å². The number of phenols is 1. The molecule has 6 rings (SSSR count). The number of halogens is 1. The number of H-pyrrole nitrogens is 1. The van der Waals surface area contributed by atoms with E-state index in [0.717, 1.165) is 76.6 Å². The molecule has 2 aromatic heterocycles. The molecular formula is C32H29ClN4O2. The maximum absolute atomic E-state index is 13.0. The third-order valence-corrected chi connectivity index (χ3v) is 7.67. The van der Waals surface area contributed by atoms with Gasteiger partial charge in [-0.3, -0.25) is 14.7 Å². The van der Waals surface area contributed by atoms with E-state index in [-0.39, 0.29) is 11.7 Å². The van der Waals surface area contributed by atoms with Crippen molar-refractivity contribution in [2.24, 2.45) is 0 Å². The van der Waals surface area contributed by atoms with E-state index in [9.17, 15) is 9.90 Å². The fraction of sp³-hybridized carbons (Fsp3) is 0.188. The van der Waals surface area contributed by atoms with Crippen LogP contribution in [0, 0.1) is 0 Å². The fourth-order valence-electron chi connectivity index (χ4n) is 5.20. The first-order valence-electron chi connectivity index (χ1n) is 13.1. The van der Waals surface area contributed by atoms with Crippen LogP contribution in [0.2, 0.25) is 5.02 Å². The molecule has 0 aliphatic carbocycles. The van der Waals surface area contributed by atoms with E-state index in [1.165, 1.54) is 5.56 Å². The largest absolute Gasteiger partial charge is 0.507 e. The molecule has 3 heterocycles. The zero-order valence-electron chi connectivity index (χ0n) is 21.5. The second-order valence-corrected chi connectivity index (χ2v) is 10.4. The van der Waals surface area contributed by atoms with Crippen LogP contribution in [0.25, 0.3) is 33.3 Å². The molecule has 5 aromatic rings. The van der Waals surface area contributed by atoms with Crippen LogP contribution in [-0.2, 0) is 17.8 Å². The Morgan fingerprint density at radius 2 is 1.62 bits per heavy atom. The van der Waals surface area contributed by atoms with Gasteiger partial charge in [-0.1, -0.05) is 60.1 Å². The number of carbonyl (C=O) groups is 1. The van der Waals surface area contributed by atoms with Gasteiger partial charge in [-0.05, 0) is 47.0 Å². The Morgan fingerprint density at radius 1 is 0.897 bits per heavy atom. The first-order chi connectivity index (χ1) is 19.0. The molecule has 6 nitrogen and oxygen atoms in total. The van der Waals surface area contributed by atoms with Crippen LogP contribution < -0.4 is 0 Å². The van der Waals surface area contributed by atoms with E-state index < -0.39 is 0 Å². The van der Waals surface area contributed by atoms with Gasteiger partial charge in [-0.25, -0.2) is 0 Å². The standard InChI is InChI=1S/C32H29ClN4O2/c33-26-10-6-23(7-11-26)21-36-14-16-37(17-15-36)31(38)18-22-4-8-24(9-5-22)27-2-1-3-28(32(27)39)29-19-25-12-13-34-20-30(25)35-29/h1-13,19-20,35,39H,14-18,21H2.